The van der Waals surface area contributed by atoms with Crippen LogP contribution in [0.15, 0.2) is 0 Å². The zero-order chi connectivity index (χ0) is 7.15. The van der Waals surface area contributed by atoms with Crippen LogP contribution in [-0.2, 0) is 34.8 Å². The zero-order valence-corrected chi connectivity index (χ0v) is 9.54. The monoisotopic (exact) mass is 364 g/mol. The summed E-state index contributed by atoms with van der Waals surface area (Å²) in [5.74, 6) is 0. The molecule has 0 rings (SSSR count). The second-order valence-electron chi connectivity index (χ2n) is 0.500. The summed E-state index contributed by atoms with van der Waals surface area (Å²) in [6.07, 6.45) is 0. The van der Waals surface area contributed by atoms with Crippen LogP contribution in [0.2, 0.25) is 0 Å². The molecule has 10 heavy (non-hydrogen) atoms. The van der Waals surface area contributed by atoms with Crippen molar-refractivity contribution in [2.24, 2.45) is 0 Å². The summed E-state index contributed by atoms with van der Waals surface area (Å²) < 4.78 is 17.0. The Morgan fingerprint density at radius 2 is 0.800 bits per heavy atom. The van der Waals surface area contributed by atoms with Crippen molar-refractivity contribution in [2.45, 2.75) is 0 Å². The molecule has 0 spiro atoms. The van der Waals surface area contributed by atoms with Crippen LogP contribution >= 0.6 is 0 Å². The molecule has 0 fully saturated rings. The van der Waals surface area contributed by atoms with Crippen LogP contribution in [0.1, 0.15) is 0 Å². The predicted molar refractivity (Wildman–Crippen MR) is 24.2 cm³/mol. The Hall–Kier alpha value is 0.321. The minimum absolute atomic E-state index is 0. The maximum Gasteiger partial charge on any atom is 4.00 e. The molecule has 0 aromatic heterocycles. The maximum atomic E-state index is 8.52. The molecule has 0 aliphatic heterocycles. The van der Waals surface area contributed by atoms with Crippen LogP contribution < -0.4 is 19.2 Å². The number of rotatable bonds is 0. The fraction of sp³-hybridized carbons (Fsp3) is 0. The van der Waals surface area contributed by atoms with Gasteiger partial charge in [0.25, 0.3) is 0 Å². The molecule has 0 aliphatic rings. The summed E-state index contributed by atoms with van der Waals surface area (Å²) in [7, 11) is -7.26. The molecular weight excluding hydrogens is 359 g/mol. The fourth-order valence-electron chi connectivity index (χ4n) is 0. The second-order valence-corrected chi connectivity index (χ2v) is 1.50. The van der Waals surface area contributed by atoms with Crippen molar-refractivity contribution in [1.82, 2.24) is 0 Å². The van der Waals surface area contributed by atoms with E-state index >= 15 is 0 Å². The van der Waals surface area contributed by atoms with E-state index in [2.05, 4.69) is 0 Å². The molecule has 0 N–H and O–H groups in total. The van der Waals surface area contributed by atoms with E-state index < -0.39 is 18.3 Å². The van der Waals surface area contributed by atoms with Gasteiger partial charge in [-0.2, -0.15) is 0 Å². The molecular formula is H4HfO6Si3. The van der Waals surface area contributed by atoms with E-state index in [-0.39, 0.29) is 36.8 Å². The molecule has 0 heterocycles. The molecule has 10 heteroatoms. The third-order valence-electron chi connectivity index (χ3n) is 0. The molecule has 0 aromatic rings. The predicted octanol–water partition coefficient (Wildman–Crippen LogP) is -7.21. The van der Waals surface area contributed by atoms with Gasteiger partial charge in [-0.15, -0.1) is 0 Å². The van der Waals surface area contributed by atoms with E-state index in [9.17, 15) is 0 Å². The Morgan fingerprint density at radius 1 is 0.800 bits per heavy atom. The van der Waals surface area contributed by atoms with E-state index in [1.165, 1.54) is 0 Å². The first kappa shape index (κ1) is 22.4. The van der Waals surface area contributed by atoms with Crippen molar-refractivity contribution in [3.63, 3.8) is 0 Å². The van der Waals surface area contributed by atoms with Crippen molar-refractivity contribution >= 4 is 29.3 Å². The Bertz CT molecular complexity index is 71.0. The third-order valence-corrected chi connectivity index (χ3v) is 0. The summed E-state index contributed by atoms with van der Waals surface area (Å²) >= 11 is 0. The van der Waals surface area contributed by atoms with Crippen LogP contribution in [0.5, 0.6) is 0 Å². The number of hydrogen-bond donors (Lipinski definition) is 0. The average molecular weight is 363 g/mol. The van der Waals surface area contributed by atoms with E-state index in [1.54, 1.807) is 0 Å². The van der Waals surface area contributed by atoms with Crippen LogP contribution in [0.4, 0.5) is 0 Å². The zero-order valence-electron chi connectivity index (χ0n) is 3.95. The van der Waals surface area contributed by atoms with Gasteiger partial charge >= 0.3 is 25.8 Å². The molecule has 0 aromatic carbocycles. The van der Waals surface area contributed by atoms with Crippen LogP contribution in [0.3, 0.4) is 0 Å². The molecule has 0 amide bonds. The maximum absolute atomic E-state index is 8.52. The Balaban J connectivity index is -0.0000000300. The summed E-state index contributed by atoms with van der Waals surface area (Å²) in [6.45, 7) is 0. The normalized spacial score (nSPS) is 4.80. The van der Waals surface area contributed by atoms with E-state index in [4.69, 9.17) is 28.1 Å². The SMILES string of the molecule is O=[Si]([O-])[O-].O=[Si]([O-])[O-].[Hf+4].[SiH4]. The summed E-state index contributed by atoms with van der Waals surface area (Å²) in [4.78, 5) is 34.1. The summed E-state index contributed by atoms with van der Waals surface area (Å²) in [6, 6.07) is 0. The van der Waals surface area contributed by atoms with Gasteiger partial charge < -0.3 is 28.1 Å². The van der Waals surface area contributed by atoms with Gasteiger partial charge in [0.05, 0.1) is 0 Å². The van der Waals surface area contributed by atoms with Crippen molar-refractivity contribution in [3.05, 3.63) is 0 Å². The first-order valence-corrected chi connectivity index (χ1v) is 3.67. The minimum atomic E-state index is -3.63. The largest absolute Gasteiger partial charge is 4.00 e. The molecule has 0 bridgehead atoms. The van der Waals surface area contributed by atoms with E-state index in [1.807, 2.05) is 0 Å². The van der Waals surface area contributed by atoms with Crippen molar-refractivity contribution < 1.29 is 53.9 Å². The molecule has 56 valence electrons. The smallest absolute Gasteiger partial charge is 0.672 e. The molecule has 0 atom stereocenters. The second kappa shape index (κ2) is 16.2. The minimum Gasteiger partial charge on any atom is -0.672 e. The van der Waals surface area contributed by atoms with Crippen molar-refractivity contribution in [3.8, 4) is 0 Å². The molecule has 0 saturated carbocycles. The molecule has 6 nitrogen and oxygen atoms in total. The topological polar surface area (TPSA) is 126 Å². The Morgan fingerprint density at radius 3 is 0.800 bits per heavy atom. The van der Waals surface area contributed by atoms with Gasteiger partial charge in [-0.05, 0) is 11.0 Å². The van der Waals surface area contributed by atoms with Gasteiger partial charge in [-0.1, -0.05) is 0 Å². The molecule has 0 radical (unpaired) electrons. The van der Waals surface area contributed by atoms with Crippen LogP contribution in [-0.4, -0.2) is 29.3 Å². The van der Waals surface area contributed by atoms with Crippen LogP contribution in [0.25, 0.3) is 0 Å². The van der Waals surface area contributed by atoms with Crippen molar-refractivity contribution in [2.75, 3.05) is 0 Å². The standard InChI is InChI=1S/Hf.2O3Si.H4Si/c;2*1-4(2)3;/h;;;1H4/q+4;2*-2;. The fourth-order valence-corrected chi connectivity index (χ4v) is 0. The quantitative estimate of drug-likeness (QED) is 0.394. The summed E-state index contributed by atoms with van der Waals surface area (Å²) in [5.41, 5.74) is 0. The third kappa shape index (κ3) is 4330. The van der Waals surface area contributed by atoms with Gasteiger partial charge in [0.15, 0.2) is 0 Å². The van der Waals surface area contributed by atoms with Gasteiger partial charge in [0, 0.05) is 18.3 Å². The molecule has 0 saturated heterocycles. The van der Waals surface area contributed by atoms with Gasteiger partial charge in [-0.3, -0.25) is 0 Å². The molecule has 0 aliphatic carbocycles. The van der Waals surface area contributed by atoms with Crippen LogP contribution in [0, 0.1) is 0 Å². The van der Waals surface area contributed by atoms with Gasteiger partial charge in [0.2, 0.25) is 0 Å². The summed E-state index contributed by atoms with van der Waals surface area (Å²) in [5, 5.41) is 0. The Labute approximate surface area is 83.1 Å². The first-order chi connectivity index (χ1) is 3.46. The Kier molecular flexibility index (Phi) is 36.3. The number of hydrogen-bond acceptors (Lipinski definition) is 6. The first-order valence-electron chi connectivity index (χ1n) is 1.22. The van der Waals surface area contributed by atoms with Crippen molar-refractivity contribution in [1.29, 1.82) is 0 Å². The van der Waals surface area contributed by atoms with E-state index in [0.29, 0.717) is 0 Å². The average Bonchev–Trinajstić information content (AvgIpc) is 1.25. The van der Waals surface area contributed by atoms with Gasteiger partial charge in [-0.25, -0.2) is 0 Å². The molecule has 0 unspecified atom stereocenters. The van der Waals surface area contributed by atoms with E-state index in [0.717, 1.165) is 0 Å². The van der Waals surface area contributed by atoms with Gasteiger partial charge in [0.1, 0.15) is 0 Å².